The lowest BCUT2D eigenvalue weighted by atomic mass is 10.4. The van der Waals surface area contributed by atoms with Crippen molar-refractivity contribution in [1.29, 1.82) is 0 Å². The van der Waals surface area contributed by atoms with Gasteiger partial charge in [-0.1, -0.05) is 0 Å². The zero-order valence-electron chi connectivity index (χ0n) is 4.50. The predicted octanol–water partition coefficient (Wildman–Crippen LogP) is 1.79. The largest absolute Gasteiger partial charge is 0.325 e. The van der Waals surface area contributed by atoms with Crippen molar-refractivity contribution in [2.75, 3.05) is 0 Å². The van der Waals surface area contributed by atoms with Crippen LogP contribution in [0.5, 0.6) is 0 Å². The highest BCUT2D eigenvalue weighted by Gasteiger charge is 1.96. The van der Waals surface area contributed by atoms with E-state index < -0.39 is 0 Å². The molecule has 1 rings (SSSR count). The Labute approximate surface area is 72.2 Å². The first-order valence-corrected chi connectivity index (χ1v) is 3.76. The molecule has 0 amide bonds. The summed E-state index contributed by atoms with van der Waals surface area (Å²) in [5.74, 6) is 0. The molecule has 0 aliphatic heterocycles. The minimum Gasteiger partial charge on any atom is -0.325 e. The van der Waals surface area contributed by atoms with Crippen molar-refractivity contribution in [2.45, 2.75) is 6.54 Å². The highest BCUT2D eigenvalue weighted by Crippen LogP contribution is 2.16. The summed E-state index contributed by atoms with van der Waals surface area (Å²) < 4.78 is 5.02. The highest BCUT2D eigenvalue weighted by molar-refractivity contribution is 9.10. The summed E-state index contributed by atoms with van der Waals surface area (Å²) in [5.41, 5.74) is 6.25. The van der Waals surface area contributed by atoms with Gasteiger partial charge in [0.2, 0.25) is 0 Å². The van der Waals surface area contributed by atoms with Crippen LogP contribution in [0.25, 0.3) is 0 Å². The van der Waals surface area contributed by atoms with Crippen LogP contribution in [0, 0.1) is 0 Å². The van der Waals surface area contributed by atoms with Gasteiger partial charge >= 0.3 is 0 Å². The summed E-state index contributed by atoms with van der Waals surface area (Å²) in [7, 11) is 0. The maximum absolute atomic E-state index is 5.31. The first-order valence-electron chi connectivity index (χ1n) is 2.13. The van der Waals surface area contributed by atoms with E-state index in [0.717, 1.165) is 10.2 Å². The molecule has 0 atom stereocenters. The van der Waals surface area contributed by atoms with Gasteiger partial charge in [-0.15, -0.1) is 12.4 Å². The summed E-state index contributed by atoms with van der Waals surface area (Å²) in [6.07, 6.45) is 0. The predicted molar refractivity (Wildman–Crippen MR) is 45.0 cm³/mol. The molecule has 1 aromatic heterocycles. The maximum Gasteiger partial charge on any atom is 0.0819 e. The zero-order valence-corrected chi connectivity index (χ0v) is 7.72. The van der Waals surface area contributed by atoms with Gasteiger partial charge in [-0.2, -0.15) is 4.37 Å². The van der Waals surface area contributed by atoms with E-state index in [1.54, 1.807) is 0 Å². The Morgan fingerprint density at radius 3 is 2.67 bits per heavy atom. The first kappa shape index (κ1) is 9.36. The topological polar surface area (TPSA) is 38.9 Å². The number of nitrogens with two attached hydrogens (primary N) is 1. The molecule has 1 aromatic rings. The third-order valence-electron chi connectivity index (χ3n) is 0.788. The second kappa shape index (κ2) is 4.22. The van der Waals surface area contributed by atoms with E-state index in [2.05, 4.69) is 20.3 Å². The smallest absolute Gasteiger partial charge is 0.0819 e. The lowest BCUT2D eigenvalue weighted by Crippen LogP contribution is -1.95. The average Bonchev–Trinajstić information content (AvgIpc) is 2.14. The summed E-state index contributed by atoms with van der Waals surface area (Å²) in [4.78, 5) is 0. The third kappa shape index (κ3) is 2.21. The van der Waals surface area contributed by atoms with Crippen molar-refractivity contribution in [1.82, 2.24) is 4.37 Å². The van der Waals surface area contributed by atoms with Gasteiger partial charge in [-0.25, -0.2) is 0 Å². The Bertz CT molecular complexity index is 179. The Kier molecular flexibility index (Phi) is 4.39. The van der Waals surface area contributed by atoms with Crippen LogP contribution in [0.1, 0.15) is 5.69 Å². The fourth-order valence-electron chi connectivity index (χ4n) is 0.383. The van der Waals surface area contributed by atoms with Crippen molar-refractivity contribution in [3.63, 3.8) is 0 Å². The van der Waals surface area contributed by atoms with Crippen LogP contribution in [0.3, 0.4) is 0 Å². The number of hydrogen-bond acceptors (Lipinski definition) is 3. The molecule has 0 aliphatic rings. The molecule has 1 heterocycles. The quantitative estimate of drug-likeness (QED) is 0.797. The van der Waals surface area contributed by atoms with E-state index in [1.165, 1.54) is 11.5 Å². The third-order valence-corrected chi connectivity index (χ3v) is 2.44. The van der Waals surface area contributed by atoms with Gasteiger partial charge in [0, 0.05) is 11.9 Å². The molecule has 2 N–H and O–H groups in total. The molecule has 0 saturated heterocycles. The van der Waals surface area contributed by atoms with E-state index in [0.29, 0.717) is 6.54 Å². The van der Waals surface area contributed by atoms with Crippen LogP contribution in [0.4, 0.5) is 0 Å². The minimum absolute atomic E-state index is 0. The van der Waals surface area contributed by atoms with Crippen LogP contribution in [0.2, 0.25) is 0 Å². The lowest BCUT2D eigenvalue weighted by molar-refractivity contribution is 1.02. The number of nitrogens with zero attached hydrogens (tertiary/aromatic N) is 1. The molecule has 0 aromatic carbocycles. The lowest BCUT2D eigenvalue weighted by Gasteiger charge is -1.84. The number of aromatic nitrogens is 1. The van der Waals surface area contributed by atoms with E-state index in [9.17, 15) is 0 Å². The van der Waals surface area contributed by atoms with Crippen LogP contribution >= 0.6 is 39.9 Å². The average molecular weight is 230 g/mol. The Hall–Kier alpha value is 0.360. The molecule has 0 unspecified atom stereocenters. The SMILES string of the molecule is Cl.NCc1nscc1Br. The van der Waals surface area contributed by atoms with Gasteiger partial charge in [0.15, 0.2) is 0 Å². The van der Waals surface area contributed by atoms with Gasteiger partial charge in [0.05, 0.1) is 10.2 Å². The van der Waals surface area contributed by atoms with Gasteiger partial charge in [-0.3, -0.25) is 0 Å². The van der Waals surface area contributed by atoms with Crippen molar-refractivity contribution in [3.05, 3.63) is 15.5 Å². The second-order valence-electron chi connectivity index (χ2n) is 1.31. The summed E-state index contributed by atoms with van der Waals surface area (Å²) >= 11 is 4.71. The van der Waals surface area contributed by atoms with Gasteiger partial charge < -0.3 is 5.73 Å². The van der Waals surface area contributed by atoms with Crippen LogP contribution in [-0.4, -0.2) is 4.37 Å². The van der Waals surface area contributed by atoms with Crippen LogP contribution in [0.15, 0.2) is 9.85 Å². The molecule has 52 valence electrons. The molecule has 0 saturated carbocycles. The summed E-state index contributed by atoms with van der Waals surface area (Å²) in [5, 5.41) is 1.92. The fourth-order valence-corrected chi connectivity index (χ4v) is 1.58. The number of halogens is 2. The Morgan fingerprint density at radius 1 is 1.78 bits per heavy atom. The second-order valence-corrected chi connectivity index (χ2v) is 2.80. The number of hydrogen-bond donors (Lipinski definition) is 1. The van der Waals surface area contributed by atoms with Gasteiger partial charge in [0.1, 0.15) is 0 Å². The van der Waals surface area contributed by atoms with E-state index >= 15 is 0 Å². The zero-order chi connectivity index (χ0) is 5.98. The van der Waals surface area contributed by atoms with Crippen molar-refractivity contribution >= 4 is 39.9 Å². The standard InChI is InChI=1S/C4H5BrN2S.ClH/c5-3-2-8-7-4(3)1-6;/h2H,1,6H2;1H. The first-order chi connectivity index (χ1) is 3.84. The molecule has 9 heavy (non-hydrogen) atoms. The van der Waals surface area contributed by atoms with Crippen molar-refractivity contribution in [2.24, 2.45) is 5.73 Å². The maximum atomic E-state index is 5.31. The molecular weight excluding hydrogens is 223 g/mol. The molecule has 2 nitrogen and oxygen atoms in total. The summed E-state index contributed by atoms with van der Waals surface area (Å²) in [6, 6.07) is 0. The fraction of sp³-hybridized carbons (Fsp3) is 0.250. The molecule has 0 spiro atoms. The summed E-state index contributed by atoms with van der Waals surface area (Å²) in [6.45, 7) is 0.518. The Morgan fingerprint density at radius 2 is 2.44 bits per heavy atom. The Balaban J connectivity index is 0.000000640. The molecule has 0 fully saturated rings. The number of rotatable bonds is 1. The highest BCUT2D eigenvalue weighted by atomic mass is 79.9. The van der Waals surface area contributed by atoms with Gasteiger partial charge in [-0.05, 0) is 27.5 Å². The van der Waals surface area contributed by atoms with Crippen LogP contribution in [-0.2, 0) is 6.54 Å². The van der Waals surface area contributed by atoms with Crippen molar-refractivity contribution < 1.29 is 0 Å². The molecule has 0 aliphatic carbocycles. The van der Waals surface area contributed by atoms with Crippen LogP contribution < -0.4 is 5.73 Å². The molecular formula is C4H6BrClN2S. The van der Waals surface area contributed by atoms with E-state index in [-0.39, 0.29) is 12.4 Å². The van der Waals surface area contributed by atoms with E-state index in [4.69, 9.17) is 5.73 Å². The van der Waals surface area contributed by atoms with E-state index in [1.807, 2.05) is 5.38 Å². The molecule has 0 bridgehead atoms. The normalized spacial score (nSPS) is 8.67. The molecule has 5 heteroatoms. The monoisotopic (exact) mass is 228 g/mol. The molecule has 0 radical (unpaired) electrons. The van der Waals surface area contributed by atoms with Gasteiger partial charge in [0.25, 0.3) is 0 Å². The van der Waals surface area contributed by atoms with Crippen molar-refractivity contribution in [3.8, 4) is 0 Å². The minimum atomic E-state index is 0.